The van der Waals surface area contributed by atoms with Gasteiger partial charge in [0.25, 0.3) is 0 Å². The molecule has 0 atom stereocenters. The van der Waals surface area contributed by atoms with E-state index in [0.717, 1.165) is 12.0 Å². The minimum Gasteiger partial charge on any atom is -0.389 e. The van der Waals surface area contributed by atoms with Gasteiger partial charge in [-0.15, -0.1) is 0 Å². The zero-order valence-corrected chi connectivity index (χ0v) is 8.95. The lowest BCUT2D eigenvalue weighted by Gasteiger charge is -2.05. The summed E-state index contributed by atoms with van der Waals surface area (Å²) < 4.78 is 4.65. The Hall–Kier alpha value is -1.64. The Labute approximate surface area is 89.1 Å². The molecule has 0 saturated carbocycles. The molecular weight excluding hydrogens is 192 g/mol. The number of hydrogen-bond donors (Lipinski definition) is 0. The maximum absolute atomic E-state index is 11.6. The van der Waals surface area contributed by atoms with Crippen molar-refractivity contribution in [2.45, 2.75) is 26.7 Å². The van der Waals surface area contributed by atoms with Crippen molar-refractivity contribution < 1.29 is 14.3 Å². The number of hydrogen-bond acceptors (Lipinski definition) is 3. The SMILES string of the molecule is CCC(=O)OC(=O)c1ccccc1CC. The van der Waals surface area contributed by atoms with Crippen LogP contribution in [0.3, 0.4) is 0 Å². The van der Waals surface area contributed by atoms with E-state index in [1.807, 2.05) is 19.1 Å². The first-order chi connectivity index (χ1) is 7.19. The van der Waals surface area contributed by atoms with E-state index >= 15 is 0 Å². The molecule has 0 heterocycles. The number of carbonyl (C=O) groups is 2. The molecule has 1 aromatic rings. The van der Waals surface area contributed by atoms with Crippen LogP contribution in [0.1, 0.15) is 36.2 Å². The highest BCUT2D eigenvalue weighted by Crippen LogP contribution is 2.11. The van der Waals surface area contributed by atoms with Crippen LogP contribution in [0.5, 0.6) is 0 Å². The van der Waals surface area contributed by atoms with Gasteiger partial charge in [0, 0.05) is 6.42 Å². The molecule has 0 aromatic heterocycles. The normalized spacial score (nSPS) is 9.73. The van der Waals surface area contributed by atoms with E-state index in [1.54, 1.807) is 19.1 Å². The maximum atomic E-state index is 11.6. The molecule has 0 amide bonds. The van der Waals surface area contributed by atoms with Gasteiger partial charge < -0.3 is 4.74 Å². The third-order valence-corrected chi connectivity index (χ3v) is 2.11. The number of esters is 2. The molecule has 80 valence electrons. The molecule has 0 aliphatic carbocycles. The molecule has 3 heteroatoms. The Morgan fingerprint density at radius 2 is 1.87 bits per heavy atom. The molecule has 0 fully saturated rings. The number of rotatable bonds is 3. The molecule has 0 aliphatic heterocycles. The van der Waals surface area contributed by atoms with Crippen molar-refractivity contribution in [3.63, 3.8) is 0 Å². The van der Waals surface area contributed by atoms with E-state index in [4.69, 9.17) is 0 Å². The van der Waals surface area contributed by atoms with Gasteiger partial charge in [-0.05, 0) is 18.1 Å². The summed E-state index contributed by atoms with van der Waals surface area (Å²) in [7, 11) is 0. The average Bonchev–Trinajstić information content (AvgIpc) is 2.28. The maximum Gasteiger partial charge on any atom is 0.346 e. The molecule has 0 radical (unpaired) electrons. The lowest BCUT2D eigenvalue weighted by molar-refractivity contribution is -0.137. The van der Waals surface area contributed by atoms with E-state index < -0.39 is 11.9 Å². The van der Waals surface area contributed by atoms with Crippen LogP contribution in [-0.4, -0.2) is 11.9 Å². The number of benzene rings is 1. The monoisotopic (exact) mass is 206 g/mol. The largest absolute Gasteiger partial charge is 0.389 e. The van der Waals surface area contributed by atoms with Crippen LogP contribution < -0.4 is 0 Å². The van der Waals surface area contributed by atoms with Gasteiger partial charge in [-0.2, -0.15) is 0 Å². The Bertz CT molecular complexity index is 369. The fraction of sp³-hybridized carbons (Fsp3) is 0.333. The molecule has 1 aromatic carbocycles. The van der Waals surface area contributed by atoms with Gasteiger partial charge in [0.1, 0.15) is 0 Å². The fourth-order valence-electron chi connectivity index (χ4n) is 1.26. The van der Waals surface area contributed by atoms with Crippen molar-refractivity contribution in [1.29, 1.82) is 0 Å². The van der Waals surface area contributed by atoms with E-state index in [0.29, 0.717) is 5.56 Å². The molecule has 0 N–H and O–H groups in total. The number of carbonyl (C=O) groups excluding carboxylic acids is 2. The first kappa shape index (κ1) is 11.4. The fourth-order valence-corrected chi connectivity index (χ4v) is 1.26. The second-order valence-corrected chi connectivity index (χ2v) is 3.13. The second-order valence-electron chi connectivity index (χ2n) is 3.13. The summed E-state index contributed by atoms with van der Waals surface area (Å²) in [5, 5.41) is 0. The molecule has 0 spiro atoms. The second kappa shape index (κ2) is 5.29. The van der Waals surface area contributed by atoms with Crippen LogP contribution in [0, 0.1) is 0 Å². The summed E-state index contributed by atoms with van der Waals surface area (Å²) in [5.41, 5.74) is 1.37. The van der Waals surface area contributed by atoms with Crippen LogP contribution >= 0.6 is 0 Å². The van der Waals surface area contributed by atoms with Crippen molar-refractivity contribution in [3.05, 3.63) is 35.4 Å². The van der Waals surface area contributed by atoms with Crippen LogP contribution in [0.15, 0.2) is 24.3 Å². The van der Waals surface area contributed by atoms with Crippen molar-refractivity contribution >= 4 is 11.9 Å². The van der Waals surface area contributed by atoms with Gasteiger partial charge in [-0.3, -0.25) is 4.79 Å². The van der Waals surface area contributed by atoms with Gasteiger partial charge in [-0.25, -0.2) is 4.79 Å². The Morgan fingerprint density at radius 1 is 1.20 bits per heavy atom. The topological polar surface area (TPSA) is 43.4 Å². The highest BCUT2D eigenvalue weighted by molar-refractivity contribution is 5.97. The predicted molar refractivity (Wildman–Crippen MR) is 56.5 cm³/mol. The van der Waals surface area contributed by atoms with E-state index in [-0.39, 0.29) is 6.42 Å². The summed E-state index contributed by atoms with van der Waals surface area (Å²) >= 11 is 0. The minimum atomic E-state index is -0.556. The molecular formula is C12H14O3. The predicted octanol–water partition coefficient (Wildman–Crippen LogP) is 2.34. The molecule has 0 saturated heterocycles. The van der Waals surface area contributed by atoms with Crippen LogP contribution in [0.4, 0.5) is 0 Å². The van der Waals surface area contributed by atoms with Crippen LogP contribution in [-0.2, 0) is 16.0 Å². The van der Waals surface area contributed by atoms with Gasteiger partial charge >= 0.3 is 11.9 Å². The highest BCUT2D eigenvalue weighted by atomic mass is 16.6. The van der Waals surface area contributed by atoms with Crippen LogP contribution in [0.2, 0.25) is 0 Å². The lowest BCUT2D eigenvalue weighted by atomic mass is 10.1. The van der Waals surface area contributed by atoms with Gasteiger partial charge in [0.2, 0.25) is 0 Å². The summed E-state index contributed by atoms with van der Waals surface area (Å²) in [4.78, 5) is 22.5. The van der Waals surface area contributed by atoms with Gasteiger partial charge in [0.15, 0.2) is 0 Å². The lowest BCUT2D eigenvalue weighted by Crippen LogP contribution is -2.13. The standard InChI is InChI=1S/C12H14O3/c1-3-9-7-5-6-8-10(9)12(14)15-11(13)4-2/h5-8H,3-4H2,1-2H3. The Kier molecular flexibility index (Phi) is 4.03. The molecule has 1 rings (SSSR count). The van der Waals surface area contributed by atoms with Crippen molar-refractivity contribution in [2.75, 3.05) is 0 Å². The molecule has 0 bridgehead atoms. The summed E-state index contributed by atoms with van der Waals surface area (Å²) in [6, 6.07) is 7.14. The van der Waals surface area contributed by atoms with Crippen molar-refractivity contribution in [3.8, 4) is 0 Å². The third kappa shape index (κ3) is 2.91. The van der Waals surface area contributed by atoms with Gasteiger partial charge in [0.05, 0.1) is 5.56 Å². The van der Waals surface area contributed by atoms with Crippen molar-refractivity contribution in [2.24, 2.45) is 0 Å². The molecule has 0 aliphatic rings. The first-order valence-corrected chi connectivity index (χ1v) is 5.02. The third-order valence-electron chi connectivity index (χ3n) is 2.11. The molecule has 3 nitrogen and oxygen atoms in total. The average molecular weight is 206 g/mol. The van der Waals surface area contributed by atoms with Gasteiger partial charge in [-0.1, -0.05) is 32.0 Å². The summed E-state index contributed by atoms with van der Waals surface area (Å²) in [6.45, 7) is 3.61. The summed E-state index contributed by atoms with van der Waals surface area (Å²) in [6.07, 6.45) is 0.950. The van der Waals surface area contributed by atoms with E-state index in [9.17, 15) is 9.59 Å². The van der Waals surface area contributed by atoms with E-state index in [2.05, 4.69) is 4.74 Å². The Morgan fingerprint density at radius 3 is 2.47 bits per heavy atom. The summed E-state index contributed by atoms with van der Waals surface area (Å²) in [5.74, 6) is -1.05. The minimum absolute atomic E-state index is 0.208. The van der Waals surface area contributed by atoms with Crippen LogP contribution in [0.25, 0.3) is 0 Å². The first-order valence-electron chi connectivity index (χ1n) is 5.02. The zero-order valence-electron chi connectivity index (χ0n) is 8.95. The van der Waals surface area contributed by atoms with Crippen molar-refractivity contribution in [1.82, 2.24) is 0 Å². The quantitative estimate of drug-likeness (QED) is 0.563. The smallest absolute Gasteiger partial charge is 0.346 e. The number of ether oxygens (including phenoxy) is 1. The number of aryl methyl sites for hydroxylation is 1. The molecule has 15 heavy (non-hydrogen) atoms. The Balaban J connectivity index is 2.86. The zero-order chi connectivity index (χ0) is 11.3. The molecule has 0 unspecified atom stereocenters. The highest BCUT2D eigenvalue weighted by Gasteiger charge is 2.13. The van der Waals surface area contributed by atoms with E-state index in [1.165, 1.54) is 0 Å².